The van der Waals surface area contributed by atoms with Gasteiger partial charge in [0.2, 0.25) is 118 Å². The molecule has 1 aromatic carbocycles. The summed E-state index contributed by atoms with van der Waals surface area (Å²) in [4.78, 5) is 303. The van der Waals surface area contributed by atoms with Crippen molar-refractivity contribution in [3.63, 3.8) is 0 Å². The van der Waals surface area contributed by atoms with Gasteiger partial charge in [-0.1, -0.05) is 108 Å². The normalized spacial score (nSPS) is 17.3. The van der Waals surface area contributed by atoms with Gasteiger partial charge in [0.05, 0.1) is 38.8 Å². The predicted molar refractivity (Wildman–Crippen MR) is 504 cm³/mol. The number of nitrogens with one attached hydrogen (secondary N) is 17. The summed E-state index contributed by atoms with van der Waals surface area (Å²) in [6, 6.07) is -19.2. The highest BCUT2D eigenvalue weighted by Crippen LogP contribution is 2.24. The summed E-state index contributed by atoms with van der Waals surface area (Å²) < 4.78 is 0. The molecule has 20 atom stereocenters. The zero-order chi connectivity index (χ0) is 106. The summed E-state index contributed by atoms with van der Waals surface area (Å²) in [5.41, 5.74) is 17.2. The molecule has 2 heterocycles. The van der Waals surface area contributed by atoms with E-state index in [1.54, 1.807) is 76.2 Å². The Morgan fingerprint density at radius 3 is 1.28 bits per heavy atom. The lowest BCUT2D eigenvalue weighted by molar-refractivity contribution is -0.146. The van der Waals surface area contributed by atoms with Crippen molar-refractivity contribution >= 4 is 130 Å². The fourth-order valence-corrected chi connectivity index (χ4v) is 15.3. The molecule has 140 heavy (non-hydrogen) atoms. The van der Waals surface area contributed by atoms with Gasteiger partial charge in [-0.15, -0.1) is 0 Å². The zero-order valence-electron chi connectivity index (χ0n) is 82.8. The van der Waals surface area contributed by atoms with Crippen molar-refractivity contribution in [1.82, 2.24) is 100 Å². The van der Waals surface area contributed by atoms with Crippen LogP contribution in [0.2, 0.25) is 0 Å². The molecule has 0 bridgehead atoms. The maximum Gasteiger partial charge on any atom is 0.328 e. The van der Waals surface area contributed by atoms with E-state index in [9.17, 15) is 131 Å². The molecule has 0 aromatic heterocycles. The van der Waals surface area contributed by atoms with E-state index >= 15 is 0 Å². The molecule has 0 saturated carbocycles. The molecule has 0 unspecified atom stereocenters. The Kier molecular flexibility index (Phi) is 52.2. The minimum absolute atomic E-state index is 0.00883. The van der Waals surface area contributed by atoms with Crippen LogP contribution in [0.15, 0.2) is 24.3 Å². The van der Waals surface area contributed by atoms with Crippen molar-refractivity contribution in [3.8, 4) is 5.75 Å². The van der Waals surface area contributed by atoms with Crippen LogP contribution in [0.1, 0.15) is 213 Å². The molecule has 2 fully saturated rings. The molecule has 786 valence electrons. The molecule has 28 N–H and O–H groups in total. The number of aliphatic hydroxyl groups excluding tert-OH is 2. The molecule has 49 nitrogen and oxygen atoms in total. The molecule has 0 radical (unpaired) electrons. The van der Waals surface area contributed by atoms with Crippen LogP contribution in [0.3, 0.4) is 0 Å². The van der Waals surface area contributed by atoms with Crippen LogP contribution in [-0.4, -0.2) is 320 Å². The Labute approximate surface area is 814 Å². The first-order valence-electron chi connectivity index (χ1n) is 47.5. The molecule has 49 heteroatoms. The number of aliphatic carboxylic acids is 2. The van der Waals surface area contributed by atoms with Crippen LogP contribution in [0.5, 0.6) is 5.75 Å². The molecule has 0 spiro atoms. The number of unbranched alkanes of at least 4 members (excludes halogenated alkanes) is 1. The second-order valence-corrected chi connectivity index (χ2v) is 37.2. The minimum Gasteiger partial charge on any atom is -0.508 e. The number of carboxylic acid groups (broad SMARTS) is 2. The third kappa shape index (κ3) is 40.9. The standard InChI is InChI=1S/C91H150N22O27/c1-17-48(11)72(108-67(118)40-93)86(134)99-52(15)89(137)112-33-21-24-64(112)84(132)101-56(23-19-20-32-92)79(127)103-58(35-44(3)4)81(129)104-60(37-46(7)8)82(130)110-73(49(12)18-2)87(135)106-61(38-54-26-28-55(116)29-27-54)77(125)96-41-68(119)97-51(14)76(124)102-62(39-66(94)117)83(131)111-74(53(16)115)88(136)105-59(36-45(5)6)80(128)100-57(30-31-70(121)122)78(126)98-50(13)75(123)95-42-69(120)109-71(47(9)10)90(138)113-34-22-25-65(113)85(133)107-63(43-114)91(139)140/h26-29,44-53,56-65,71-74,114-116H,17-25,30-43,92-93H2,1-16H3,(H2,94,117)(H,95,123)(H,96,125)(H,97,119)(H,98,126)(H,99,134)(H,100,128)(H,101,132)(H,102,124)(H,103,127)(H,104,129)(H,105,136)(H,106,135)(H,107,133)(H,108,118)(H,109,120)(H,110,130)(H,111,131)(H,121,122)(H,139,140)/t48-,49-,50-,51-,52-,53+,56-,57-,58-,59-,60-,61-,62-,63-,64-,65-,71-,72-,73-,74-/m0/s1. The lowest BCUT2D eigenvalue weighted by atomic mass is 9.95. The van der Waals surface area contributed by atoms with Crippen LogP contribution in [0, 0.1) is 35.5 Å². The van der Waals surface area contributed by atoms with Crippen molar-refractivity contribution in [2.45, 2.75) is 322 Å². The Hall–Kier alpha value is -12.8. The summed E-state index contributed by atoms with van der Waals surface area (Å²) in [5, 5.41) is 91.7. The van der Waals surface area contributed by atoms with Crippen molar-refractivity contribution in [3.05, 3.63) is 29.8 Å². The number of nitrogens with zero attached hydrogens (tertiary/aromatic N) is 2. The van der Waals surface area contributed by atoms with Crippen molar-refractivity contribution in [2.24, 2.45) is 52.7 Å². The number of phenolic OH excluding ortho intramolecular Hbond substituents is 1. The van der Waals surface area contributed by atoms with E-state index in [-0.39, 0.29) is 101 Å². The molecular weight excluding hydrogens is 1830 g/mol. The topological polar surface area (TPSA) is 766 Å². The first kappa shape index (κ1) is 121. The largest absolute Gasteiger partial charge is 0.508 e. The van der Waals surface area contributed by atoms with Crippen LogP contribution in [0.4, 0.5) is 0 Å². The van der Waals surface area contributed by atoms with E-state index in [0.29, 0.717) is 37.7 Å². The van der Waals surface area contributed by atoms with E-state index in [1.165, 1.54) is 43.0 Å². The average Bonchev–Trinajstić information content (AvgIpc) is 1.67. The second kappa shape index (κ2) is 60.2. The van der Waals surface area contributed by atoms with Crippen molar-refractivity contribution in [1.29, 1.82) is 0 Å². The SMILES string of the molecule is CC[C@H](C)[C@H](NC(=O)CN)C(=O)N[C@@H](C)C(=O)N1CCC[C@H]1C(=O)N[C@@H](CCCCN)C(=O)N[C@@H](CC(C)C)C(=O)N[C@@H](CC(C)C)C(=O)N[C@H](C(=O)N[C@@H](Cc1ccc(O)cc1)C(=O)NCC(=O)N[C@@H](C)C(=O)N[C@@H](CC(N)=O)C(=O)N[C@H](C(=O)N[C@@H](CC(C)C)C(=O)N[C@@H](CCC(=O)O)C(=O)N[C@@H](C)C(=O)NCC(=O)N[C@H](C(=O)N1CCC[C@H]1C(=O)N[C@@H](CO)C(=O)O)C(C)C)[C@@H](C)O)[C@@H](C)CC. The number of hydrogen-bond donors (Lipinski definition) is 25. The minimum atomic E-state index is -2.01. The van der Waals surface area contributed by atoms with Crippen LogP contribution in [0.25, 0.3) is 0 Å². The summed E-state index contributed by atoms with van der Waals surface area (Å²) in [5.74, 6) is -24.1. The first-order chi connectivity index (χ1) is 65.6. The highest BCUT2D eigenvalue weighted by molar-refractivity contribution is 6.02. The quantitative estimate of drug-likeness (QED) is 0.0270. The number of rotatable bonds is 61. The molecule has 1 aromatic rings. The smallest absolute Gasteiger partial charge is 0.328 e. The van der Waals surface area contributed by atoms with E-state index in [0.717, 1.165) is 18.7 Å². The number of amides is 20. The van der Waals surface area contributed by atoms with Gasteiger partial charge in [0, 0.05) is 25.9 Å². The number of aromatic hydroxyl groups is 1. The Balaban J connectivity index is 1.79. The molecule has 20 amide bonds. The summed E-state index contributed by atoms with van der Waals surface area (Å²) in [7, 11) is 0. The number of likely N-dealkylation sites (tertiary alicyclic amines) is 2. The molecule has 3 rings (SSSR count). The van der Waals surface area contributed by atoms with Crippen LogP contribution in [-0.2, 0) is 112 Å². The number of carboxylic acids is 2. The first-order valence-corrected chi connectivity index (χ1v) is 47.5. The summed E-state index contributed by atoms with van der Waals surface area (Å²) in [6.45, 7) is 22.7. The molecular formula is C91H150N22O27. The Morgan fingerprint density at radius 1 is 0.407 bits per heavy atom. The third-order valence-corrected chi connectivity index (χ3v) is 23.6. The fraction of sp³-hybridized carbons (Fsp3) is 0.692. The number of carbonyl (C=O) groups excluding carboxylic acids is 20. The Morgan fingerprint density at radius 2 is 0.807 bits per heavy atom. The molecule has 2 saturated heterocycles. The van der Waals surface area contributed by atoms with E-state index < -0.39 is 296 Å². The van der Waals surface area contributed by atoms with Gasteiger partial charge in [-0.2, -0.15) is 0 Å². The van der Waals surface area contributed by atoms with Crippen molar-refractivity contribution in [2.75, 3.05) is 45.9 Å². The van der Waals surface area contributed by atoms with Gasteiger partial charge in [0.1, 0.15) is 108 Å². The molecule has 2 aliphatic heterocycles. The number of aliphatic hydroxyl groups is 2. The van der Waals surface area contributed by atoms with E-state index in [1.807, 2.05) is 6.92 Å². The van der Waals surface area contributed by atoms with E-state index in [2.05, 4.69) is 90.4 Å². The fourth-order valence-electron chi connectivity index (χ4n) is 15.3. The number of nitrogens with two attached hydrogens (primary N) is 3. The zero-order valence-corrected chi connectivity index (χ0v) is 82.8. The molecule has 0 aliphatic carbocycles. The van der Waals surface area contributed by atoms with Crippen LogP contribution >= 0.6 is 0 Å². The average molecular weight is 1980 g/mol. The van der Waals surface area contributed by atoms with Gasteiger partial charge in [0.25, 0.3) is 0 Å². The summed E-state index contributed by atoms with van der Waals surface area (Å²) in [6.07, 6.45) is -1.95. The van der Waals surface area contributed by atoms with Gasteiger partial charge < -0.3 is 143 Å². The monoisotopic (exact) mass is 1980 g/mol. The van der Waals surface area contributed by atoms with Gasteiger partial charge in [-0.05, 0) is 158 Å². The maximum atomic E-state index is 14.8. The van der Waals surface area contributed by atoms with Gasteiger partial charge in [-0.3, -0.25) is 101 Å². The second-order valence-electron chi connectivity index (χ2n) is 37.2. The van der Waals surface area contributed by atoms with E-state index in [4.69, 9.17) is 17.2 Å². The Bertz CT molecular complexity index is 4440. The lowest BCUT2D eigenvalue weighted by Gasteiger charge is -2.31. The summed E-state index contributed by atoms with van der Waals surface area (Å²) >= 11 is 0. The third-order valence-electron chi connectivity index (χ3n) is 23.6. The predicted octanol–water partition coefficient (Wildman–Crippen LogP) is -6.35. The highest BCUT2D eigenvalue weighted by Gasteiger charge is 2.45. The number of hydrogen-bond acceptors (Lipinski definition) is 27. The number of phenols is 1. The number of benzene rings is 1. The highest BCUT2D eigenvalue weighted by atomic mass is 16.4. The van der Waals surface area contributed by atoms with Gasteiger partial charge in [0.15, 0.2) is 0 Å². The maximum absolute atomic E-state index is 14.8. The number of carbonyl (C=O) groups is 22. The molecule has 2 aliphatic rings. The lowest BCUT2D eigenvalue weighted by Crippen LogP contribution is -2.62. The van der Waals surface area contributed by atoms with Gasteiger partial charge in [-0.25, -0.2) is 4.79 Å². The van der Waals surface area contributed by atoms with Crippen molar-refractivity contribution < 1.29 is 131 Å². The van der Waals surface area contributed by atoms with Gasteiger partial charge >= 0.3 is 11.9 Å². The number of primary amides is 1. The van der Waals surface area contributed by atoms with Crippen LogP contribution < -0.4 is 108 Å².